The van der Waals surface area contributed by atoms with Crippen LogP contribution in [0.5, 0.6) is 0 Å². The molecule has 2 aliphatic heterocycles. The van der Waals surface area contributed by atoms with E-state index >= 15 is 0 Å². The van der Waals surface area contributed by atoms with Crippen LogP contribution in [0, 0.1) is 0 Å². The van der Waals surface area contributed by atoms with Crippen LogP contribution in [0.25, 0.3) is 0 Å². The summed E-state index contributed by atoms with van der Waals surface area (Å²) in [6.07, 6.45) is 1.43. The number of benzene rings is 3. The Bertz CT molecular complexity index is 1150. The molecule has 2 aliphatic rings. The van der Waals surface area contributed by atoms with Crippen LogP contribution in [0.2, 0.25) is 5.02 Å². The van der Waals surface area contributed by atoms with Crippen LogP contribution in [-0.4, -0.2) is 36.3 Å². The average Bonchev–Trinajstić information content (AvgIpc) is 3.34. The summed E-state index contributed by atoms with van der Waals surface area (Å²) in [7, 11) is 0. The SMILES string of the molecule is O=C(c1cccc(Cl)c1)N1CCC2(C1)C(=O)N(CCc1ccccc1)c1ccccc12. The van der Waals surface area contributed by atoms with E-state index in [4.69, 9.17) is 11.6 Å². The Morgan fingerprint density at radius 2 is 1.74 bits per heavy atom. The molecule has 1 unspecified atom stereocenters. The molecule has 31 heavy (non-hydrogen) atoms. The first-order valence-electron chi connectivity index (χ1n) is 10.6. The van der Waals surface area contributed by atoms with Crippen molar-refractivity contribution in [2.24, 2.45) is 0 Å². The van der Waals surface area contributed by atoms with Gasteiger partial charge in [0.1, 0.15) is 0 Å². The zero-order valence-corrected chi connectivity index (χ0v) is 17.9. The van der Waals surface area contributed by atoms with Gasteiger partial charge in [0.25, 0.3) is 5.91 Å². The van der Waals surface area contributed by atoms with Crippen LogP contribution in [0.3, 0.4) is 0 Å². The molecule has 0 aromatic heterocycles. The number of anilines is 1. The highest BCUT2D eigenvalue weighted by atomic mass is 35.5. The van der Waals surface area contributed by atoms with Gasteiger partial charge in [-0.1, -0.05) is 66.2 Å². The fourth-order valence-corrected chi connectivity index (χ4v) is 5.08. The van der Waals surface area contributed by atoms with Gasteiger partial charge in [0, 0.05) is 35.9 Å². The summed E-state index contributed by atoms with van der Waals surface area (Å²) < 4.78 is 0. The summed E-state index contributed by atoms with van der Waals surface area (Å²) in [5.74, 6) is 0.0263. The highest BCUT2D eigenvalue weighted by Crippen LogP contribution is 2.47. The van der Waals surface area contributed by atoms with Crippen LogP contribution < -0.4 is 4.90 Å². The highest BCUT2D eigenvalue weighted by Gasteiger charge is 2.54. The van der Waals surface area contributed by atoms with Crippen molar-refractivity contribution in [3.8, 4) is 0 Å². The minimum Gasteiger partial charge on any atom is -0.337 e. The summed E-state index contributed by atoms with van der Waals surface area (Å²) in [5.41, 5.74) is 3.11. The van der Waals surface area contributed by atoms with Gasteiger partial charge in [-0.2, -0.15) is 0 Å². The van der Waals surface area contributed by atoms with E-state index in [2.05, 4.69) is 12.1 Å². The molecule has 156 valence electrons. The maximum absolute atomic E-state index is 13.7. The van der Waals surface area contributed by atoms with Crippen LogP contribution in [-0.2, 0) is 16.6 Å². The van der Waals surface area contributed by atoms with E-state index in [1.54, 1.807) is 29.2 Å². The molecule has 0 saturated carbocycles. The third-order valence-corrected chi connectivity index (χ3v) is 6.70. The molecule has 3 aromatic rings. The second-order valence-electron chi connectivity index (χ2n) is 8.28. The van der Waals surface area contributed by atoms with Crippen molar-refractivity contribution < 1.29 is 9.59 Å². The Hall–Kier alpha value is -3.11. The first-order valence-corrected chi connectivity index (χ1v) is 11.0. The zero-order chi connectivity index (χ0) is 21.4. The van der Waals surface area contributed by atoms with Crippen LogP contribution in [0.4, 0.5) is 5.69 Å². The van der Waals surface area contributed by atoms with Crippen molar-refractivity contribution in [2.45, 2.75) is 18.3 Å². The van der Waals surface area contributed by atoms with E-state index in [0.717, 1.165) is 17.7 Å². The highest BCUT2D eigenvalue weighted by molar-refractivity contribution is 6.31. The number of hydrogen-bond acceptors (Lipinski definition) is 2. The van der Waals surface area contributed by atoms with E-state index < -0.39 is 5.41 Å². The molecule has 0 aliphatic carbocycles. The Kier molecular flexibility index (Phi) is 5.03. The second-order valence-corrected chi connectivity index (χ2v) is 8.72. The summed E-state index contributed by atoms with van der Waals surface area (Å²) in [6.45, 7) is 1.58. The number of rotatable bonds is 4. The number of amides is 2. The van der Waals surface area contributed by atoms with Gasteiger partial charge in [-0.15, -0.1) is 0 Å². The van der Waals surface area contributed by atoms with Crippen molar-refractivity contribution in [2.75, 3.05) is 24.5 Å². The van der Waals surface area contributed by atoms with Gasteiger partial charge >= 0.3 is 0 Å². The molecule has 2 heterocycles. The lowest BCUT2D eigenvalue weighted by Crippen LogP contribution is -2.43. The number of likely N-dealkylation sites (tertiary alicyclic amines) is 1. The normalized spacial score (nSPS) is 19.8. The lowest BCUT2D eigenvalue weighted by molar-refractivity contribution is -0.122. The van der Waals surface area contributed by atoms with Gasteiger partial charge in [-0.3, -0.25) is 9.59 Å². The minimum atomic E-state index is -0.665. The fourth-order valence-electron chi connectivity index (χ4n) is 4.89. The van der Waals surface area contributed by atoms with E-state index in [1.807, 2.05) is 47.4 Å². The van der Waals surface area contributed by atoms with Crippen LogP contribution >= 0.6 is 11.6 Å². The van der Waals surface area contributed by atoms with E-state index in [9.17, 15) is 9.59 Å². The predicted octanol–water partition coefficient (Wildman–Crippen LogP) is 4.71. The molecule has 5 heteroatoms. The Balaban J connectivity index is 1.41. The number of carbonyl (C=O) groups is 2. The van der Waals surface area contributed by atoms with Gasteiger partial charge in [-0.25, -0.2) is 0 Å². The molecular formula is C26H23ClN2O2. The molecule has 4 nitrogen and oxygen atoms in total. The van der Waals surface area contributed by atoms with Crippen molar-refractivity contribution in [1.82, 2.24) is 4.90 Å². The number of hydrogen-bond donors (Lipinski definition) is 0. The Labute approximate surface area is 187 Å². The van der Waals surface area contributed by atoms with E-state index in [1.165, 1.54) is 5.56 Å². The molecular weight excluding hydrogens is 408 g/mol. The number of halogens is 1. The first kappa shape index (κ1) is 19.8. The third-order valence-electron chi connectivity index (χ3n) is 6.46. The molecule has 0 N–H and O–H groups in total. The molecule has 1 fully saturated rings. The van der Waals surface area contributed by atoms with Crippen molar-refractivity contribution in [3.63, 3.8) is 0 Å². The summed E-state index contributed by atoms with van der Waals surface area (Å²) in [4.78, 5) is 30.5. The van der Waals surface area contributed by atoms with Crippen molar-refractivity contribution in [3.05, 3.63) is 101 Å². The van der Waals surface area contributed by atoms with E-state index in [0.29, 0.717) is 36.6 Å². The number of nitrogens with zero attached hydrogens (tertiary/aromatic N) is 2. The van der Waals surface area contributed by atoms with Crippen LogP contribution in [0.1, 0.15) is 27.9 Å². The molecule has 1 atom stereocenters. The van der Waals surface area contributed by atoms with Crippen LogP contribution in [0.15, 0.2) is 78.9 Å². The third kappa shape index (κ3) is 3.41. The second kappa shape index (κ2) is 7.86. The molecule has 2 amide bonds. The predicted molar refractivity (Wildman–Crippen MR) is 123 cm³/mol. The maximum atomic E-state index is 13.7. The molecule has 1 saturated heterocycles. The van der Waals surface area contributed by atoms with Gasteiger partial charge in [-0.05, 0) is 48.2 Å². The Morgan fingerprint density at radius 3 is 2.55 bits per heavy atom. The molecule has 0 radical (unpaired) electrons. The lowest BCUT2D eigenvalue weighted by atomic mass is 9.81. The standard InChI is InChI=1S/C26H23ClN2O2/c27-21-10-6-9-20(17-21)24(30)28-16-14-26(18-28)22-11-4-5-12-23(22)29(25(26)31)15-13-19-7-2-1-3-8-19/h1-12,17H,13-16,18H2. The Morgan fingerprint density at radius 1 is 0.968 bits per heavy atom. The van der Waals surface area contributed by atoms with Gasteiger partial charge in [0.15, 0.2) is 0 Å². The summed E-state index contributed by atoms with van der Waals surface area (Å²) in [6, 6.07) is 25.2. The topological polar surface area (TPSA) is 40.6 Å². The van der Waals surface area contributed by atoms with Gasteiger partial charge in [0.2, 0.25) is 5.91 Å². The monoisotopic (exact) mass is 430 g/mol. The van der Waals surface area contributed by atoms with Crippen molar-refractivity contribution >= 4 is 29.1 Å². The van der Waals surface area contributed by atoms with Gasteiger partial charge in [0.05, 0.1) is 5.41 Å². The average molecular weight is 431 g/mol. The number of fused-ring (bicyclic) bond motifs is 2. The first-order chi connectivity index (χ1) is 15.1. The molecule has 1 spiro atoms. The fraction of sp³-hybridized carbons (Fsp3) is 0.231. The quantitative estimate of drug-likeness (QED) is 0.601. The molecule has 0 bridgehead atoms. The largest absolute Gasteiger partial charge is 0.337 e. The lowest BCUT2D eigenvalue weighted by Gasteiger charge is -2.25. The smallest absolute Gasteiger partial charge is 0.253 e. The molecule has 5 rings (SSSR count). The summed E-state index contributed by atoms with van der Waals surface area (Å²) in [5, 5.41) is 0.536. The maximum Gasteiger partial charge on any atom is 0.253 e. The number of carbonyl (C=O) groups excluding carboxylic acids is 2. The molecule has 3 aromatic carbocycles. The summed E-state index contributed by atoms with van der Waals surface area (Å²) >= 11 is 6.08. The zero-order valence-electron chi connectivity index (χ0n) is 17.1. The van der Waals surface area contributed by atoms with E-state index in [-0.39, 0.29) is 11.8 Å². The minimum absolute atomic E-state index is 0.0765. The van der Waals surface area contributed by atoms with Crippen molar-refractivity contribution in [1.29, 1.82) is 0 Å². The van der Waals surface area contributed by atoms with Gasteiger partial charge < -0.3 is 9.80 Å². The number of para-hydroxylation sites is 1.